The molecule has 80 valence electrons. The van der Waals surface area contributed by atoms with Crippen molar-refractivity contribution in [2.24, 2.45) is 5.92 Å². The van der Waals surface area contributed by atoms with Crippen LogP contribution in [0.15, 0.2) is 11.6 Å². The van der Waals surface area contributed by atoms with Crippen LogP contribution in [0.3, 0.4) is 0 Å². The molecule has 1 N–H and O–H groups in total. The fraction of sp³-hybridized carbons (Fsp3) is 0.700. The van der Waals surface area contributed by atoms with E-state index in [1.165, 1.54) is 0 Å². The Hall–Kier alpha value is -0.540. The summed E-state index contributed by atoms with van der Waals surface area (Å²) in [7, 11) is 2.10. The molecule has 1 aliphatic heterocycles. The third-order valence-electron chi connectivity index (χ3n) is 2.77. The standard InChI is InChI=1S/C10H17ClN2O/c1-7-4-9(6-13(7)3)5-12-10(14)8(2)11/h7,9H,2,4-6H2,1,3H3,(H,12,14). The molecule has 1 rings (SSSR count). The topological polar surface area (TPSA) is 32.3 Å². The van der Waals surface area contributed by atoms with Gasteiger partial charge in [0.15, 0.2) is 0 Å². The minimum Gasteiger partial charge on any atom is -0.351 e. The summed E-state index contributed by atoms with van der Waals surface area (Å²) in [6.45, 7) is 7.30. The molecule has 1 saturated heterocycles. The second-order valence-electron chi connectivity index (χ2n) is 4.01. The molecule has 2 unspecified atom stereocenters. The summed E-state index contributed by atoms with van der Waals surface area (Å²) in [5.74, 6) is 0.281. The van der Waals surface area contributed by atoms with E-state index in [1.54, 1.807) is 0 Å². The van der Waals surface area contributed by atoms with Gasteiger partial charge in [0.1, 0.15) is 0 Å². The number of carbonyl (C=O) groups is 1. The molecule has 1 amide bonds. The number of nitrogens with one attached hydrogen (secondary N) is 1. The van der Waals surface area contributed by atoms with E-state index in [1.807, 2.05) is 0 Å². The number of nitrogens with zero attached hydrogens (tertiary/aromatic N) is 1. The van der Waals surface area contributed by atoms with Crippen LogP contribution in [0.1, 0.15) is 13.3 Å². The lowest BCUT2D eigenvalue weighted by molar-refractivity contribution is -0.117. The fourth-order valence-corrected chi connectivity index (χ4v) is 1.87. The van der Waals surface area contributed by atoms with Crippen LogP contribution in [0, 0.1) is 5.92 Å². The van der Waals surface area contributed by atoms with Gasteiger partial charge in [-0.05, 0) is 26.3 Å². The summed E-state index contributed by atoms with van der Waals surface area (Å²) < 4.78 is 0. The van der Waals surface area contributed by atoms with Crippen molar-refractivity contribution in [1.82, 2.24) is 10.2 Å². The Labute approximate surface area is 90.1 Å². The number of halogens is 1. The van der Waals surface area contributed by atoms with Crippen LogP contribution in [-0.4, -0.2) is 37.0 Å². The summed E-state index contributed by atoms with van der Waals surface area (Å²) in [6, 6.07) is 0.608. The molecule has 4 heteroatoms. The van der Waals surface area contributed by atoms with Crippen LogP contribution in [0.4, 0.5) is 0 Å². The van der Waals surface area contributed by atoms with Crippen molar-refractivity contribution in [3.63, 3.8) is 0 Å². The average molecular weight is 217 g/mol. The van der Waals surface area contributed by atoms with Crippen molar-refractivity contribution in [2.45, 2.75) is 19.4 Å². The molecule has 0 aromatic rings. The first-order chi connectivity index (χ1) is 6.50. The van der Waals surface area contributed by atoms with Gasteiger partial charge < -0.3 is 10.2 Å². The number of hydrogen-bond donors (Lipinski definition) is 1. The number of rotatable bonds is 3. The van der Waals surface area contributed by atoms with E-state index in [4.69, 9.17) is 11.6 Å². The second-order valence-corrected chi connectivity index (χ2v) is 4.46. The zero-order valence-electron chi connectivity index (χ0n) is 8.72. The molecule has 0 bridgehead atoms. The third-order valence-corrected chi connectivity index (χ3v) is 2.94. The highest BCUT2D eigenvalue weighted by Gasteiger charge is 2.26. The first-order valence-corrected chi connectivity index (χ1v) is 5.21. The number of hydrogen-bond acceptors (Lipinski definition) is 2. The second kappa shape index (κ2) is 4.80. The van der Waals surface area contributed by atoms with Crippen molar-refractivity contribution in [1.29, 1.82) is 0 Å². The van der Waals surface area contributed by atoms with Crippen LogP contribution < -0.4 is 5.32 Å². The molecule has 2 atom stereocenters. The van der Waals surface area contributed by atoms with Gasteiger partial charge in [-0.25, -0.2) is 0 Å². The van der Waals surface area contributed by atoms with Crippen LogP contribution in [0.5, 0.6) is 0 Å². The van der Waals surface area contributed by atoms with Crippen LogP contribution >= 0.6 is 11.6 Å². The summed E-state index contributed by atoms with van der Waals surface area (Å²) in [4.78, 5) is 13.4. The lowest BCUT2D eigenvalue weighted by Gasteiger charge is -2.12. The number of likely N-dealkylation sites (tertiary alicyclic amines) is 1. The van der Waals surface area contributed by atoms with Gasteiger partial charge in [-0.15, -0.1) is 0 Å². The Bertz CT molecular complexity index is 232. The Balaban J connectivity index is 2.27. The van der Waals surface area contributed by atoms with Crippen molar-refractivity contribution in [3.8, 4) is 0 Å². The highest BCUT2D eigenvalue weighted by Crippen LogP contribution is 2.20. The highest BCUT2D eigenvalue weighted by atomic mass is 35.5. The first-order valence-electron chi connectivity index (χ1n) is 4.83. The van der Waals surface area contributed by atoms with Crippen molar-refractivity contribution in [2.75, 3.05) is 20.1 Å². The first kappa shape index (κ1) is 11.5. The summed E-state index contributed by atoms with van der Waals surface area (Å²) >= 11 is 5.45. The molecular formula is C10H17ClN2O. The molecule has 0 aliphatic carbocycles. The molecule has 14 heavy (non-hydrogen) atoms. The molecule has 3 nitrogen and oxygen atoms in total. The molecule has 1 heterocycles. The Kier molecular flexibility index (Phi) is 3.96. The molecule has 0 saturated carbocycles. The van der Waals surface area contributed by atoms with Crippen LogP contribution in [-0.2, 0) is 4.79 Å². The predicted octanol–water partition coefficient (Wildman–Crippen LogP) is 1.20. The average Bonchev–Trinajstić information content (AvgIpc) is 2.42. The fourth-order valence-electron chi connectivity index (χ4n) is 1.80. The molecule has 0 aromatic carbocycles. The molecule has 1 aliphatic rings. The summed E-state index contributed by atoms with van der Waals surface area (Å²) in [5.41, 5.74) is 0. The minimum absolute atomic E-state index is 0.0596. The Morgan fingerprint density at radius 2 is 2.36 bits per heavy atom. The maximum absolute atomic E-state index is 11.1. The van der Waals surface area contributed by atoms with E-state index in [0.717, 1.165) is 13.0 Å². The van der Waals surface area contributed by atoms with Gasteiger partial charge in [0, 0.05) is 19.1 Å². The SMILES string of the molecule is C=C(Cl)C(=O)NCC1CC(C)N(C)C1. The van der Waals surface area contributed by atoms with E-state index in [0.29, 0.717) is 18.5 Å². The molecule has 0 spiro atoms. The normalized spacial score (nSPS) is 27.6. The smallest absolute Gasteiger partial charge is 0.262 e. The Morgan fingerprint density at radius 3 is 2.79 bits per heavy atom. The lowest BCUT2D eigenvalue weighted by Crippen LogP contribution is -2.30. The number of amides is 1. The van der Waals surface area contributed by atoms with E-state index in [-0.39, 0.29) is 10.9 Å². The largest absolute Gasteiger partial charge is 0.351 e. The Morgan fingerprint density at radius 1 is 1.71 bits per heavy atom. The minimum atomic E-state index is -0.256. The van der Waals surface area contributed by atoms with E-state index in [2.05, 4.69) is 30.8 Å². The maximum Gasteiger partial charge on any atom is 0.262 e. The van der Waals surface area contributed by atoms with Crippen LogP contribution in [0.2, 0.25) is 0 Å². The van der Waals surface area contributed by atoms with Gasteiger partial charge in [0.2, 0.25) is 0 Å². The van der Waals surface area contributed by atoms with E-state index >= 15 is 0 Å². The monoisotopic (exact) mass is 216 g/mol. The van der Waals surface area contributed by atoms with Gasteiger partial charge in [0.25, 0.3) is 5.91 Å². The van der Waals surface area contributed by atoms with Gasteiger partial charge in [-0.1, -0.05) is 18.2 Å². The van der Waals surface area contributed by atoms with Crippen molar-refractivity contribution < 1.29 is 4.79 Å². The molecule has 0 aromatic heterocycles. The lowest BCUT2D eigenvalue weighted by atomic mass is 10.1. The van der Waals surface area contributed by atoms with Crippen LogP contribution in [0.25, 0.3) is 0 Å². The zero-order valence-corrected chi connectivity index (χ0v) is 9.47. The van der Waals surface area contributed by atoms with Gasteiger partial charge >= 0.3 is 0 Å². The maximum atomic E-state index is 11.1. The summed E-state index contributed by atoms with van der Waals surface area (Å²) in [5, 5.41) is 2.83. The number of carbonyl (C=O) groups excluding carboxylic acids is 1. The summed E-state index contributed by atoms with van der Waals surface area (Å²) in [6.07, 6.45) is 1.13. The molecular weight excluding hydrogens is 200 g/mol. The molecule has 0 radical (unpaired) electrons. The molecule has 1 fully saturated rings. The van der Waals surface area contributed by atoms with Gasteiger partial charge in [-0.2, -0.15) is 0 Å². The third kappa shape index (κ3) is 3.00. The van der Waals surface area contributed by atoms with Gasteiger partial charge in [-0.3, -0.25) is 4.79 Å². The van der Waals surface area contributed by atoms with Crippen molar-refractivity contribution >= 4 is 17.5 Å². The quantitative estimate of drug-likeness (QED) is 0.719. The predicted molar refractivity (Wildman–Crippen MR) is 58.2 cm³/mol. The zero-order chi connectivity index (χ0) is 10.7. The van der Waals surface area contributed by atoms with Gasteiger partial charge in [0.05, 0.1) is 5.03 Å². The highest BCUT2D eigenvalue weighted by molar-refractivity contribution is 6.41. The van der Waals surface area contributed by atoms with E-state index in [9.17, 15) is 4.79 Å². The van der Waals surface area contributed by atoms with Crippen molar-refractivity contribution in [3.05, 3.63) is 11.6 Å². The van der Waals surface area contributed by atoms with E-state index < -0.39 is 0 Å².